The van der Waals surface area contributed by atoms with Crippen LogP contribution in [0.1, 0.15) is 26.9 Å². The number of benzene rings is 2. The quantitative estimate of drug-likeness (QED) is 0.336. The highest BCUT2D eigenvalue weighted by Gasteiger charge is 2.52. The number of nitrogens with one attached hydrogen (secondary N) is 1. The van der Waals surface area contributed by atoms with Gasteiger partial charge in [-0.25, -0.2) is 19.7 Å². The van der Waals surface area contributed by atoms with E-state index >= 15 is 0 Å². The van der Waals surface area contributed by atoms with Gasteiger partial charge in [-0.1, -0.05) is 42.3 Å². The minimum atomic E-state index is -1.87. The van der Waals surface area contributed by atoms with Crippen LogP contribution in [0.4, 0.5) is 5.82 Å². The molecule has 174 valence electrons. The number of esters is 1. The van der Waals surface area contributed by atoms with E-state index < -0.39 is 23.9 Å². The lowest BCUT2D eigenvalue weighted by Crippen LogP contribution is -2.44. The molecule has 5 rings (SSSR count). The Morgan fingerprint density at radius 3 is 2.46 bits per heavy atom. The minimum absolute atomic E-state index is 0.186. The van der Waals surface area contributed by atoms with E-state index in [2.05, 4.69) is 26.2 Å². The van der Waals surface area contributed by atoms with Gasteiger partial charge in [0.1, 0.15) is 6.33 Å². The van der Waals surface area contributed by atoms with Gasteiger partial charge in [0.15, 0.2) is 34.9 Å². The molecule has 35 heavy (non-hydrogen) atoms. The van der Waals surface area contributed by atoms with Gasteiger partial charge in [0.25, 0.3) is 5.91 Å². The van der Waals surface area contributed by atoms with Crippen LogP contribution in [0.5, 0.6) is 0 Å². The number of imidazole rings is 1. The summed E-state index contributed by atoms with van der Waals surface area (Å²) in [7, 11) is 0. The maximum atomic E-state index is 12.7. The molecule has 1 saturated heterocycles. The third kappa shape index (κ3) is 4.10. The zero-order chi connectivity index (χ0) is 24.4. The average molecular weight is 469 g/mol. The van der Waals surface area contributed by atoms with Crippen molar-refractivity contribution >= 4 is 28.9 Å². The molecule has 10 heteroatoms. The lowest BCUT2D eigenvalue weighted by molar-refractivity contribution is -0.0542. The van der Waals surface area contributed by atoms with Crippen molar-refractivity contribution in [2.45, 2.75) is 17.9 Å². The van der Waals surface area contributed by atoms with Gasteiger partial charge < -0.3 is 19.9 Å². The number of fused-ring (bicyclic) bond motifs is 1. The first-order valence-electron chi connectivity index (χ1n) is 10.6. The summed E-state index contributed by atoms with van der Waals surface area (Å²) < 4.78 is 12.9. The number of nitrogens with zero attached hydrogens (tertiary/aromatic N) is 4. The van der Waals surface area contributed by atoms with Crippen LogP contribution in [0.2, 0.25) is 0 Å². The first-order valence-corrected chi connectivity index (χ1v) is 10.6. The highest BCUT2D eigenvalue weighted by atomic mass is 16.6. The first kappa shape index (κ1) is 22.2. The van der Waals surface area contributed by atoms with Gasteiger partial charge in [-0.2, -0.15) is 0 Å². The van der Waals surface area contributed by atoms with Gasteiger partial charge in [-0.3, -0.25) is 9.36 Å². The van der Waals surface area contributed by atoms with Crippen LogP contribution < -0.4 is 5.32 Å². The second-order valence-electron chi connectivity index (χ2n) is 7.83. The number of aromatic nitrogens is 4. The Kier molecular flexibility index (Phi) is 5.70. The van der Waals surface area contributed by atoms with Gasteiger partial charge in [0, 0.05) is 5.56 Å². The monoisotopic (exact) mass is 469 g/mol. The highest BCUT2D eigenvalue weighted by molar-refractivity contribution is 6.06. The standard InChI is InChI=1S/C25H19N5O5/c1-2-25(33)13-34-23(19(25)35-24(32)17-11-7-4-8-12-17)30-15-28-18-20(26-14-27-21(18)30)29-22(31)16-9-5-3-6-10-16/h1,3-12,14-15,19,23,33H,13H2,(H,26,27,29,31)/t19-,23+,25+/m0/s1. The third-order valence-corrected chi connectivity index (χ3v) is 5.60. The number of rotatable bonds is 5. The summed E-state index contributed by atoms with van der Waals surface area (Å²) in [5, 5.41) is 13.7. The molecule has 2 aromatic heterocycles. The molecule has 3 heterocycles. The Balaban J connectivity index is 1.47. The van der Waals surface area contributed by atoms with Crippen molar-refractivity contribution in [2.24, 2.45) is 0 Å². The molecule has 0 spiro atoms. The van der Waals surface area contributed by atoms with Crippen molar-refractivity contribution in [3.63, 3.8) is 0 Å². The van der Waals surface area contributed by atoms with Crippen LogP contribution in [0.3, 0.4) is 0 Å². The molecule has 4 aromatic rings. The summed E-state index contributed by atoms with van der Waals surface area (Å²) in [6.45, 7) is -0.275. The Morgan fingerprint density at radius 1 is 1.09 bits per heavy atom. The van der Waals surface area contributed by atoms with Gasteiger partial charge in [-0.05, 0) is 24.3 Å². The van der Waals surface area contributed by atoms with Crippen LogP contribution in [-0.4, -0.2) is 54.8 Å². The zero-order valence-corrected chi connectivity index (χ0v) is 18.2. The number of carbonyl (C=O) groups is 2. The van der Waals surface area contributed by atoms with Crippen molar-refractivity contribution < 1.29 is 24.2 Å². The largest absolute Gasteiger partial charge is 0.450 e. The number of ether oxygens (including phenoxy) is 2. The molecule has 0 radical (unpaired) electrons. The summed E-state index contributed by atoms with van der Waals surface area (Å²) in [5.41, 5.74) is -0.561. The van der Waals surface area contributed by atoms with Crippen LogP contribution in [0, 0.1) is 12.3 Å². The van der Waals surface area contributed by atoms with Crippen molar-refractivity contribution in [3.8, 4) is 12.3 Å². The molecule has 0 bridgehead atoms. The van der Waals surface area contributed by atoms with Crippen molar-refractivity contribution in [1.82, 2.24) is 19.5 Å². The third-order valence-electron chi connectivity index (χ3n) is 5.60. The maximum absolute atomic E-state index is 12.7. The molecule has 1 fully saturated rings. The summed E-state index contributed by atoms with van der Waals surface area (Å²) in [5.74, 6) is 1.42. The molecule has 10 nitrogen and oxygen atoms in total. The first-order chi connectivity index (χ1) is 17.0. The molecule has 0 unspecified atom stereocenters. The molecule has 1 amide bonds. The van der Waals surface area contributed by atoms with E-state index in [1.54, 1.807) is 60.7 Å². The molecule has 0 aliphatic carbocycles. The van der Waals surface area contributed by atoms with E-state index in [0.29, 0.717) is 11.1 Å². The van der Waals surface area contributed by atoms with E-state index in [9.17, 15) is 14.7 Å². The maximum Gasteiger partial charge on any atom is 0.338 e. The lowest BCUT2D eigenvalue weighted by Gasteiger charge is -2.26. The number of aliphatic hydroxyl groups is 1. The van der Waals surface area contributed by atoms with Gasteiger partial charge in [-0.15, -0.1) is 6.42 Å². The fourth-order valence-corrected chi connectivity index (χ4v) is 3.78. The van der Waals surface area contributed by atoms with Crippen LogP contribution in [-0.2, 0) is 9.47 Å². The molecule has 1 aliphatic rings. The van der Waals surface area contributed by atoms with Crippen LogP contribution in [0.25, 0.3) is 11.2 Å². The summed E-state index contributed by atoms with van der Waals surface area (Å²) in [6, 6.07) is 17.0. The Hall–Kier alpha value is -4.59. The van der Waals surface area contributed by atoms with Crippen molar-refractivity contribution in [1.29, 1.82) is 0 Å². The number of anilines is 1. The van der Waals surface area contributed by atoms with E-state index in [1.807, 2.05) is 0 Å². The average Bonchev–Trinajstić information content (AvgIpc) is 3.47. The Bertz CT molecular complexity index is 1430. The predicted molar refractivity (Wildman–Crippen MR) is 124 cm³/mol. The van der Waals surface area contributed by atoms with E-state index in [4.69, 9.17) is 15.9 Å². The fourth-order valence-electron chi connectivity index (χ4n) is 3.78. The lowest BCUT2D eigenvalue weighted by atomic mass is 10.00. The fraction of sp³-hybridized carbons (Fsp3) is 0.160. The molecule has 2 aromatic carbocycles. The minimum Gasteiger partial charge on any atom is -0.450 e. The van der Waals surface area contributed by atoms with Gasteiger partial charge in [0.2, 0.25) is 0 Å². The number of hydrogen-bond acceptors (Lipinski definition) is 8. The van der Waals surface area contributed by atoms with Gasteiger partial charge in [0.05, 0.1) is 18.5 Å². The summed E-state index contributed by atoms with van der Waals surface area (Å²) in [4.78, 5) is 38.1. The Labute approximate surface area is 199 Å². The number of terminal acetylenes is 1. The van der Waals surface area contributed by atoms with E-state index in [-0.39, 0.29) is 29.5 Å². The van der Waals surface area contributed by atoms with Crippen molar-refractivity contribution in [2.75, 3.05) is 11.9 Å². The molecular weight excluding hydrogens is 450 g/mol. The smallest absolute Gasteiger partial charge is 0.338 e. The topological polar surface area (TPSA) is 128 Å². The molecule has 3 atom stereocenters. The SMILES string of the molecule is C#C[C@@]1(O)CO[C@@H](n2cnc3c(NC(=O)c4ccccc4)ncnc32)[C@@H]1OC(=O)c1ccccc1. The van der Waals surface area contributed by atoms with Gasteiger partial charge >= 0.3 is 5.97 Å². The Morgan fingerprint density at radius 2 is 1.77 bits per heavy atom. The second-order valence-corrected chi connectivity index (χ2v) is 7.83. The molecular formula is C25H19N5O5. The molecule has 1 aliphatic heterocycles. The van der Waals surface area contributed by atoms with Crippen molar-refractivity contribution in [3.05, 3.63) is 84.4 Å². The zero-order valence-electron chi connectivity index (χ0n) is 18.2. The molecule has 2 N–H and O–H groups in total. The van der Waals surface area contributed by atoms with E-state index in [1.165, 1.54) is 17.2 Å². The summed E-state index contributed by atoms with van der Waals surface area (Å²) >= 11 is 0. The number of amides is 1. The predicted octanol–water partition coefficient (Wildman–Crippen LogP) is 2.20. The van der Waals surface area contributed by atoms with Crippen LogP contribution in [0.15, 0.2) is 73.3 Å². The summed E-state index contributed by atoms with van der Waals surface area (Å²) in [6.07, 6.45) is 5.94. The van der Waals surface area contributed by atoms with Crippen LogP contribution >= 0.6 is 0 Å². The second kappa shape index (κ2) is 8.98. The highest BCUT2D eigenvalue weighted by Crippen LogP contribution is 2.36. The van der Waals surface area contributed by atoms with E-state index in [0.717, 1.165) is 0 Å². The number of hydrogen-bond donors (Lipinski definition) is 2. The number of carbonyl (C=O) groups excluding carboxylic acids is 2. The normalized spacial score (nSPS) is 21.4. The molecule has 0 saturated carbocycles.